The summed E-state index contributed by atoms with van der Waals surface area (Å²) in [4.78, 5) is 25.8. The summed E-state index contributed by atoms with van der Waals surface area (Å²) in [6.45, 7) is 1.44. The van der Waals surface area contributed by atoms with Crippen molar-refractivity contribution in [3.63, 3.8) is 0 Å². The molecule has 0 unspecified atom stereocenters. The number of carbonyl (C=O) groups is 2. The molecular formula is C20H16N2O6S. The Bertz CT molecular complexity index is 1060. The topological polar surface area (TPSA) is 98.2 Å². The van der Waals surface area contributed by atoms with Crippen molar-refractivity contribution in [3.05, 3.63) is 46.9 Å². The van der Waals surface area contributed by atoms with E-state index in [0.29, 0.717) is 39.2 Å². The number of hydrogen-bond acceptors (Lipinski definition) is 8. The van der Waals surface area contributed by atoms with Gasteiger partial charge in [-0.05, 0) is 47.7 Å². The number of anilines is 1. The molecule has 1 fully saturated rings. The summed E-state index contributed by atoms with van der Waals surface area (Å²) < 4.78 is 21.0. The van der Waals surface area contributed by atoms with Crippen LogP contribution in [0.4, 0.5) is 5.69 Å². The lowest BCUT2D eigenvalue weighted by Crippen LogP contribution is -2.28. The van der Waals surface area contributed by atoms with Gasteiger partial charge in [0.1, 0.15) is 0 Å². The van der Waals surface area contributed by atoms with E-state index in [1.54, 1.807) is 42.5 Å². The number of rotatable bonds is 4. The van der Waals surface area contributed by atoms with Crippen molar-refractivity contribution in [1.29, 1.82) is 5.41 Å². The first-order chi connectivity index (χ1) is 14.0. The maximum atomic E-state index is 12.9. The Labute approximate surface area is 170 Å². The highest BCUT2D eigenvalue weighted by Crippen LogP contribution is 2.40. The van der Waals surface area contributed by atoms with Crippen LogP contribution in [0.25, 0.3) is 6.08 Å². The third-order valence-electron chi connectivity index (χ3n) is 4.18. The summed E-state index contributed by atoms with van der Waals surface area (Å²) in [6.07, 6.45) is 1.66. The lowest BCUT2D eigenvalue weighted by atomic mass is 10.1. The van der Waals surface area contributed by atoms with Crippen molar-refractivity contribution in [2.24, 2.45) is 0 Å². The van der Waals surface area contributed by atoms with Gasteiger partial charge < -0.3 is 18.9 Å². The minimum Gasteiger partial charge on any atom is -0.493 e. The molecule has 1 saturated heterocycles. The molecule has 2 aromatic carbocycles. The van der Waals surface area contributed by atoms with Gasteiger partial charge in [-0.3, -0.25) is 19.9 Å². The number of nitrogens with one attached hydrogen (secondary N) is 1. The summed E-state index contributed by atoms with van der Waals surface area (Å²) in [6, 6.07) is 10.1. The first-order valence-corrected chi connectivity index (χ1v) is 9.36. The highest BCUT2D eigenvalue weighted by atomic mass is 32.2. The molecule has 148 valence electrons. The van der Waals surface area contributed by atoms with E-state index in [9.17, 15) is 9.59 Å². The van der Waals surface area contributed by atoms with Crippen molar-refractivity contribution >= 4 is 40.6 Å². The predicted molar refractivity (Wildman–Crippen MR) is 108 cm³/mol. The van der Waals surface area contributed by atoms with Crippen LogP contribution in [0.3, 0.4) is 0 Å². The van der Waals surface area contributed by atoms with E-state index in [2.05, 4.69) is 0 Å². The number of benzene rings is 2. The van der Waals surface area contributed by atoms with E-state index < -0.39 is 5.97 Å². The molecule has 2 aliphatic heterocycles. The standard InChI is InChI=1S/C20H16N2O6S/c1-11(23)28-15-5-3-12(7-16(15)25-2)8-18-19(24)22(20(21)29-18)13-4-6-14-17(9-13)27-10-26-14/h3-9,21H,10H2,1-2H3/b18-8-,21-20?. The van der Waals surface area contributed by atoms with Gasteiger partial charge in [0.25, 0.3) is 5.91 Å². The third-order valence-corrected chi connectivity index (χ3v) is 5.07. The number of nitrogens with zero attached hydrogens (tertiary/aromatic N) is 1. The lowest BCUT2D eigenvalue weighted by molar-refractivity contribution is -0.132. The number of thioether (sulfide) groups is 1. The fraction of sp³-hybridized carbons (Fsp3) is 0.150. The zero-order chi connectivity index (χ0) is 20.5. The smallest absolute Gasteiger partial charge is 0.308 e. The van der Waals surface area contributed by atoms with Crippen molar-refractivity contribution in [3.8, 4) is 23.0 Å². The lowest BCUT2D eigenvalue weighted by Gasteiger charge is -2.14. The van der Waals surface area contributed by atoms with E-state index >= 15 is 0 Å². The Hall–Kier alpha value is -3.46. The SMILES string of the molecule is COc1cc(/C=C2\SC(=N)N(c3ccc4c(c3)OCO4)C2=O)ccc1OC(C)=O. The molecule has 0 bridgehead atoms. The molecule has 0 radical (unpaired) electrons. The Morgan fingerprint density at radius 1 is 1.17 bits per heavy atom. The molecule has 4 rings (SSSR count). The molecule has 0 saturated carbocycles. The summed E-state index contributed by atoms with van der Waals surface area (Å²) in [5.41, 5.74) is 1.21. The fourth-order valence-electron chi connectivity index (χ4n) is 2.91. The minimum absolute atomic E-state index is 0.0867. The second-order valence-corrected chi connectivity index (χ2v) is 7.13. The van der Waals surface area contributed by atoms with Crippen LogP contribution >= 0.6 is 11.8 Å². The molecule has 1 N–H and O–H groups in total. The molecule has 8 nitrogen and oxygen atoms in total. The van der Waals surface area contributed by atoms with E-state index in [0.717, 1.165) is 11.8 Å². The monoisotopic (exact) mass is 412 g/mol. The number of hydrogen-bond donors (Lipinski definition) is 1. The van der Waals surface area contributed by atoms with Gasteiger partial charge in [0, 0.05) is 13.0 Å². The number of esters is 1. The molecule has 29 heavy (non-hydrogen) atoms. The van der Waals surface area contributed by atoms with Crippen molar-refractivity contribution in [2.75, 3.05) is 18.8 Å². The average Bonchev–Trinajstić information content (AvgIpc) is 3.26. The summed E-state index contributed by atoms with van der Waals surface area (Å²) >= 11 is 1.06. The highest BCUT2D eigenvalue weighted by molar-refractivity contribution is 8.19. The van der Waals surface area contributed by atoms with Gasteiger partial charge in [0.2, 0.25) is 6.79 Å². The Balaban J connectivity index is 1.61. The first kappa shape index (κ1) is 18.9. The molecule has 2 aromatic rings. The summed E-state index contributed by atoms with van der Waals surface area (Å²) in [5.74, 6) is 1.03. The highest BCUT2D eigenvalue weighted by Gasteiger charge is 2.34. The van der Waals surface area contributed by atoms with E-state index in [-0.39, 0.29) is 17.9 Å². The quantitative estimate of drug-likeness (QED) is 0.467. The summed E-state index contributed by atoms with van der Waals surface area (Å²) in [5, 5.41) is 8.32. The van der Waals surface area contributed by atoms with E-state index in [1.165, 1.54) is 18.9 Å². The Morgan fingerprint density at radius 2 is 1.97 bits per heavy atom. The molecule has 0 aromatic heterocycles. The Kier molecular flexibility index (Phi) is 4.89. The Morgan fingerprint density at radius 3 is 2.72 bits per heavy atom. The van der Waals surface area contributed by atoms with Gasteiger partial charge in [-0.1, -0.05) is 6.07 Å². The van der Waals surface area contributed by atoms with Gasteiger partial charge in [-0.15, -0.1) is 0 Å². The number of ether oxygens (including phenoxy) is 4. The van der Waals surface area contributed by atoms with Gasteiger partial charge in [-0.25, -0.2) is 0 Å². The van der Waals surface area contributed by atoms with Crippen LogP contribution in [0.1, 0.15) is 12.5 Å². The molecule has 9 heteroatoms. The number of fused-ring (bicyclic) bond motifs is 1. The zero-order valence-corrected chi connectivity index (χ0v) is 16.4. The predicted octanol–water partition coefficient (Wildman–Crippen LogP) is 3.40. The van der Waals surface area contributed by atoms with Crippen LogP contribution in [0, 0.1) is 5.41 Å². The van der Waals surface area contributed by atoms with E-state index in [4.69, 9.17) is 24.4 Å². The fourth-order valence-corrected chi connectivity index (χ4v) is 3.77. The molecular weight excluding hydrogens is 396 g/mol. The van der Waals surface area contributed by atoms with Crippen molar-refractivity contribution in [1.82, 2.24) is 0 Å². The maximum absolute atomic E-state index is 12.9. The van der Waals surface area contributed by atoms with Crippen LogP contribution < -0.4 is 23.8 Å². The second-order valence-electron chi connectivity index (χ2n) is 6.10. The largest absolute Gasteiger partial charge is 0.493 e. The van der Waals surface area contributed by atoms with Crippen molar-refractivity contribution in [2.45, 2.75) is 6.92 Å². The van der Waals surface area contributed by atoms with Crippen LogP contribution in [-0.2, 0) is 9.59 Å². The van der Waals surface area contributed by atoms with Gasteiger partial charge in [0.15, 0.2) is 28.2 Å². The minimum atomic E-state index is -0.455. The molecule has 0 spiro atoms. The van der Waals surface area contributed by atoms with Crippen LogP contribution in [-0.4, -0.2) is 30.9 Å². The molecule has 1 amide bonds. The number of carbonyl (C=O) groups excluding carboxylic acids is 2. The van der Waals surface area contributed by atoms with Crippen LogP contribution in [0.15, 0.2) is 41.3 Å². The van der Waals surface area contributed by atoms with Crippen LogP contribution in [0.2, 0.25) is 0 Å². The van der Waals surface area contributed by atoms with Gasteiger partial charge >= 0.3 is 5.97 Å². The zero-order valence-electron chi connectivity index (χ0n) is 15.6. The second kappa shape index (κ2) is 7.51. The normalized spacial score (nSPS) is 16.5. The average molecular weight is 412 g/mol. The number of amides is 1. The van der Waals surface area contributed by atoms with Crippen LogP contribution in [0.5, 0.6) is 23.0 Å². The summed E-state index contributed by atoms with van der Waals surface area (Å²) in [7, 11) is 1.46. The van der Waals surface area contributed by atoms with Gasteiger partial charge in [0.05, 0.1) is 17.7 Å². The molecule has 0 aliphatic carbocycles. The third kappa shape index (κ3) is 3.64. The number of methoxy groups -OCH3 is 1. The first-order valence-electron chi connectivity index (χ1n) is 8.55. The van der Waals surface area contributed by atoms with Crippen molar-refractivity contribution < 1.29 is 28.5 Å². The molecule has 2 heterocycles. The molecule has 0 atom stereocenters. The maximum Gasteiger partial charge on any atom is 0.308 e. The van der Waals surface area contributed by atoms with E-state index in [1.807, 2.05) is 0 Å². The van der Waals surface area contributed by atoms with Gasteiger partial charge in [-0.2, -0.15) is 0 Å². The number of amidine groups is 1. The molecule has 2 aliphatic rings.